The highest BCUT2D eigenvalue weighted by Crippen LogP contribution is 2.28. The summed E-state index contributed by atoms with van der Waals surface area (Å²) in [5, 5.41) is 7.10. The Hall–Kier alpha value is -4.77. The van der Waals surface area contributed by atoms with E-state index in [-0.39, 0.29) is 18.1 Å². The van der Waals surface area contributed by atoms with Crippen molar-refractivity contribution in [2.75, 3.05) is 26.1 Å². The van der Waals surface area contributed by atoms with Crippen LogP contribution in [-0.2, 0) is 4.79 Å². The van der Waals surface area contributed by atoms with Gasteiger partial charge in [-0.3, -0.25) is 14.6 Å². The Kier molecular flexibility index (Phi) is 6.77. The van der Waals surface area contributed by atoms with Gasteiger partial charge in [0.15, 0.2) is 23.9 Å². The molecule has 0 aliphatic rings. The number of hydrogen-bond acceptors (Lipinski definition) is 9. The fraction of sp³-hybridized carbons (Fsp3) is 0.115. The number of pyridine rings is 1. The summed E-state index contributed by atoms with van der Waals surface area (Å²) < 4.78 is 18.0. The van der Waals surface area contributed by atoms with Crippen LogP contribution in [0.3, 0.4) is 0 Å². The van der Waals surface area contributed by atoms with Gasteiger partial charge in [-0.15, -0.1) is 5.10 Å². The number of amides is 1. The van der Waals surface area contributed by atoms with E-state index in [1.807, 2.05) is 0 Å². The van der Waals surface area contributed by atoms with E-state index in [1.165, 1.54) is 23.0 Å². The van der Waals surface area contributed by atoms with Crippen LogP contribution in [-0.4, -0.2) is 46.3 Å². The molecule has 5 rings (SSSR count). The molecular formula is C26H21N5O5S. The summed E-state index contributed by atoms with van der Waals surface area (Å²) in [6.45, 7) is -0.205. The van der Waals surface area contributed by atoms with Crippen LogP contribution in [0, 0.1) is 0 Å². The average Bonchev–Trinajstić information content (AvgIpc) is 3.47. The minimum atomic E-state index is -0.320. The van der Waals surface area contributed by atoms with E-state index >= 15 is 0 Å². The second-order valence-electron chi connectivity index (χ2n) is 7.76. The van der Waals surface area contributed by atoms with E-state index in [0.29, 0.717) is 38.3 Å². The largest absolute Gasteiger partial charge is 0.497 e. The van der Waals surface area contributed by atoms with E-state index < -0.39 is 0 Å². The van der Waals surface area contributed by atoms with Crippen LogP contribution in [0.1, 0.15) is 5.56 Å². The number of methoxy groups -OCH3 is 2. The molecule has 0 saturated carbocycles. The SMILES string of the molecule is COc1ccc(NC(=O)COc2ccc(/C=c3\sc4nc(-c5ccncc5)nn4c3=O)cc2OC)cc1. The van der Waals surface area contributed by atoms with Gasteiger partial charge in [-0.1, -0.05) is 17.4 Å². The lowest BCUT2D eigenvalue weighted by molar-refractivity contribution is -0.118. The lowest BCUT2D eigenvalue weighted by atomic mass is 10.2. The first kappa shape index (κ1) is 23.9. The maximum atomic E-state index is 12.9. The van der Waals surface area contributed by atoms with E-state index in [9.17, 15) is 9.59 Å². The highest BCUT2D eigenvalue weighted by Gasteiger charge is 2.13. The van der Waals surface area contributed by atoms with Gasteiger partial charge in [0.2, 0.25) is 4.96 Å². The van der Waals surface area contributed by atoms with Crippen LogP contribution in [0.2, 0.25) is 0 Å². The standard InChI is InChI=1S/C26H21N5O5S/c1-34-19-6-4-18(5-7-19)28-23(32)15-36-20-8-3-16(13-21(20)35-2)14-22-25(33)31-26(37-22)29-24(30-31)17-9-11-27-12-10-17/h3-14H,15H2,1-2H3,(H,28,32)/b22-14-. The molecule has 0 aliphatic carbocycles. The number of anilines is 1. The van der Waals surface area contributed by atoms with Crippen molar-refractivity contribution in [1.29, 1.82) is 0 Å². The van der Waals surface area contributed by atoms with Crippen molar-refractivity contribution in [2.24, 2.45) is 0 Å². The predicted molar refractivity (Wildman–Crippen MR) is 139 cm³/mol. The zero-order valence-corrected chi connectivity index (χ0v) is 20.7. The Bertz CT molecular complexity index is 1670. The zero-order valence-electron chi connectivity index (χ0n) is 19.9. The number of thiazole rings is 1. The van der Waals surface area contributed by atoms with Gasteiger partial charge in [-0.05, 0) is 60.2 Å². The number of hydrogen-bond donors (Lipinski definition) is 1. The van der Waals surface area contributed by atoms with Gasteiger partial charge in [-0.25, -0.2) is 0 Å². The van der Waals surface area contributed by atoms with E-state index in [0.717, 1.165) is 11.1 Å². The second kappa shape index (κ2) is 10.5. The first-order chi connectivity index (χ1) is 18.0. The van der Waals surface area contributed by atoms with Gasteiger partial charge in [0.25, 0.3) is 11.5 Å². The quantitative estimate of drug-likeness (QED) is 0.335. The van der Waals surface area contributed by atoms with Crippen molar-refractivity contribution in [3.05, 3.63) is 87.4 Å². The molecule has 0 fully saturated rings. The molecule has 0 bridgehead atoms. The van der Waals surface area contributed by atoms with Crippen molar-refractivity contribution in [2.45, 2.75) is 0 Å². The minimum absolute atomic E-state index is 0.205. The number of nitrogens with zero attached hydrogens (tertiary/aromatic N) is 4. The Morgan fingerprint density at radius 3 is 2.51 bits per heavy atom. The summed E-state index contributed by atoms with van der Waals surface area (Å²) in [5.74, 6) is 1.67. The summed E-state index contributed by atoms with van der Waals surface area (Å²) in [6, 6.07) is 15.8. The van der Waals surface area contributed by atoms with Gasteiger partial charge in [0, 0.05) is 23.6 Å². The minimum Gasteiger partial charge on any atom is -0.497 e. The Morgan fingerprint density at radius 2 is 1.81 bits per heavy atom. The molecule has 11 heteroatoms. The van der Waals surface area contributed by atoms with Gasteiger partial charge < -0.3 is 19.5 Å². The predicted octanol–water partition coefficient (Wildman–Crippen LogP) is 2.80. The summed E-state index contributed by atoms with van der Waals surface area (Å²) in [4.78, 5) is 34.1. The number of carbonyl (C=O) groups is 1. The van der Waals surface area contributed by atoms with E-state index in [2.05, 4.69) is 20.4 Å². The molecule has 186 valence electrons. The van der Waals surface area contributed by atoms with Crippen molar-refractivity contribution in [1.82, 2.24) is 19.6 Å². The lowest BCUT2D eigenvalue weighted by Crippen LogP contribution is -2.23. The summed E-state index contributed by atoms with van der Waals surface area (Å²) >= 11 is 1.24. The van der Waals surface area contributed by atoms with Gasteiger partial charge in [-0.2, -0.15) is 9.50 Å². The number of rotatable bonds is 8. The molecule has 0 spiro atoms. The zero-order chi connectivity index (χ0) is 25.8. The van der Waals surface area contributed by atoms with Crippen LogP contribution < -0.4 is 29.6 Å². The third kappa shape index (κ3) is 5.26. The van der Waals surface area contributed by atoms with Crippen LogP contribution >= 0.6 is 11.3 Å². The van der Waals surface area contributed by atoms with Crippen molar-refractivity contribution < 1.29 is 19.0 Å². The van der Waals surface area contributed by atoms with E-state index in [4.69, 9.17) is 14.2 Å². The highest BCUT2D eigenvalue weighted by molar-refractivity contribution is 7.15. The van der Waals surface area contributed by atoms with Gasteiger partial charge >= 0.3 is 0 Å². The molecule has 0 atom stereocenters. The number of benzene rings is 2. The monoisotopic (exact) mass is 515 g/mol. The molecule has 0 saturated heterocycles. The smallest absolute Gasteiger partial charge is 0.291 e. The molecule has 10 nitrogen and oxygen atoms in total. The summed E-state index contributed by atoms with van der Waals surface area (Å²) in [5.41, 5.74) is 1.88. The van der Waals surface area contributed by atoms with Crippen molar-refractivity contribution in [3.63, 3.8) is 0 Å². The normalized spacial score (nSPS) is 11.5. The molecule has 1 N–H and O–H groups in total. The maximum absolute atomic E-state index is 12.9. The fourth-order valence-electron chi connectivity index (χ4n) is 3.52. The third-order valence-corrected chi connectivity index (χ3v) is 6.30. The lowest BCUT2D eigenvalue weighted by Gasteiger charge is -2.11. The highest BCUT2D eigenvalue weighted by atomic mass is 32.1. The van der Waals surface area contributed by atoms with Crippen LogP contribution in [0.25, 0.3) is 22.4 Å². The Balaban J connectivity index is 1.30. The molecule has 0 unspecified atom stereocenters. The summed E-state index contributed by atoms with van der Waals surface area (Å²) in [6.07, 6.45) is 5.03. The molecule has 5 aromatic rings. The molecule has 0 radical (unpaired) electrons. The topological polar surface area (TPSA) is 117 Å². The van der Waals surface area contributed by atoms with Gasteiger partial charge in [0.05, 0.1) is 18.8 Å². The van der Waals surface area contributed by atoms with Gasteiger partial charge in [0.1, 0.15) is 5.75 Å². The third-order valence-electron chi connectivity index (χ3n) is 5.34. The molecule has 37 heavy (non-hydrogen) atoms. The van der Waals surface area contributed by atoms with Crippen LogP contribution in [0.5, 0.6) is 17.2 Å². The first-order valence-electron chi connectivity index (χ1n) is 11.1. The van der Waals surface area contributed by atoms with Crippen molar-refractivity contribution >= 4 is 34.0 Å². The average molecular weight is 516 g/mol. The number of aromatic nitrogens is 4. The Morgan fingerprint density at radius 1 is 1.03 bits per heavy atom. The number of fused-ring (bicyclic) bond motifs is 1. The fourth-order valence-corrected chi connectivity index (χ4v) is 4.42. The molecular weight excluding hydrogens is 494 g/mol. The second-order valence-corrected chi connectivity index (χ2v) is 8.77. The number of ether oxygens (including phenoxy) is 3. The number of carbonyl (C=O) groups excluding carboxylic acids is 1. The maximum Gasteiger partial charge on any atom is 0.291 e. The molecule has 3 aromatic heterocycles. The molecule has 2 aromatic carbocycles. The molecule has 3 heterocycles. The Labute approximate surface area is 214 Å². The van der Waals surface area contributed by atoms with Crippen molar-refractivity contribution in [3.8, 4) is 28.6 Å². The summed E-state index contributed by atoms with van der Waals surface area (Å²) in [7, 11) is 3.08. The van der Waals surface area contributed by atoms with Crippen LogP contribution in [0.4, 0.5) is 5.69 Å². The first-order valence-corrected chi connectivity index (χ1v) is 11.9. The number of nitrogens with one attached hydrogen (secondary N) is 1. The van der Waals surface area contributed by atoms with E-state index in [1.54, 1.807) is 80.2 Å². The molecule has 1 amide bonds. The molecule has 0 aliphatic heterocycles. The van der Waals surface area contributed by atoms with Crippen LogP contribution in [0.15, 0.2) is 71.8 Å².